The van der Waals surface area contributed by atoms with Crippen LogP contribution in [0.5, 0.6) is 11.5 Å². The van der Waals surface area contributed by atoms with Crippen molar-refractivity contribution in [1.29, 1.82) is 0 Å². The van der Waals surface area contributed by atoms with E-state index < -0.39 is 11.8 Å². The van der Waals surface area contributed by atoms with Crippen LogP contribution in [0.15, 0.2) is 59.6 Å². The summed E-state index contributed by atoms with van der Waals surface area (Å²) in [5.41, 5.74) is 0.852. The normalized spacial score (nSPS) is 11.1. The number of hydrogen-bond donors (Lipinski definition) is 2. The summed E-state index contributed by atoms with van der Waals surface area (Å²) in [7, 11) is 2.99. The van der Waals surface area contributed by atoms with Crippen molar-refractivity contribution >= 4 is 52.6 Å². The molecule has 0 spiro atoms. The summed E-state index contributed by atoms with van der Waals surface area (Å²) < 4.78 is 24.4. The molecule has 0 aliphatic heterocycles. The Hall–Kier alpha value is -3.01. The van der Waals surface area contributed by atoms with Crippen LogP contribution >= 0.6 is 34.7 Å². The van der Waals surface area contributed by atoms with Crippen molar-refractivity contribution in [3.05, 3.63) is 86.5 Å². The lowest BCUT2D eigenvalue weighted by molar-refractivity contribution is -0.117. The third-order valence-corrected chi connectivity index (χ3v) is 6.97. The Labute approximate surface area is 216 Å². The number of benzene rings is 2. The monoisotopic (exact) mass is 534 g/mol. The van der Waals surface area contributed by atoms with Crippen molar-refractivity contribution in [2.45, 2.75) is 5.75 Å². The van der Waals surface area contributed by atoms with Crippen LogP contribution in [0.4, 0.5) is 4.39 Å². The van der Waals surface area contributed by atoms with Gasteiger partial charge in [-0.2, -0.15) is 11.8 Å². The van der Waals surface area contributed by atoms with E-state index in [1.807, 2.05) is 17.5 Å². The molecule has 6 nitrogen and oxygen atoms in total. The summed E-state index contributed by atoms with van der Waals surface area (Å²) in [6.07, 6.45) is 1.62. The maximum Gasteiger partial charge on any atom is 0.267 e. The molecular formula is C25H24ClFN2O4S2. The molecule has 0 unspecified atom stereocenters. The first-order chi connectivity index (χ1) is 16.9. The second kappa shape index (κ2) is 13.2. The van der Waals surface area contributed by atoms with E-state index in [-0.39, 0.29) is 11.5 Å². The largest absolute Gasteiger partial charge is 0.493 e. The number of carbonyl (C=O) groups excluding carboxylic acids is 2. The molecule has 0 saturated heterocycles. The number of hydrogen-bond acceptors (Lipinski definition) is 6. The predicted octanol–water partition coefficient (Wildman–Crippen LogP) is 5.38. The van der Waals surface area contributed by atoms with Gasteiger partial charge in [-0.05, 0) is 47.9 Å². The van der Waals surface area contributed by atoms with Crippen molar-refractivity contribution in [3.8, 4) is 11.5 Å². The van der Waals surface area contributed by atoms with Crippen LogP contribution in [0.2, 0.25) is 5.02 Å². The van der Waals surface area contributed by atoms with Gasteiger partial charge in [0, 0.05) is 39.1 Å². The fourth-order valence-electron chi connectivity index (χ4n) is 3.02. The third kappa shape index (κ3) is 7.48. The van der Waals surface area contributed by atoms with Gasteiger partial charge in [-0.15, -0.1) is 11.3 Å². The molecule has 10 heteroatoms. The van der Waals surface area contributed by atoms with Gasteiger partial charge in [-0.25, -0.2) is 4.39 Å². The lowest BCUT2D eigenvalue weighted by atomic mass is 10.1. The van der Waals surface area contributed by atoms with Crippen LogP contribution in [0.25, 0.3) is 6.08 Å². The molecule has 1 aromatic heterocycles. The smallest absolute Gasteiger partial charge is 0.267 e. The van der Waals surface area contributed by atoms with Gasteiger partial charge in [0.1, 0.15) is 11.5 Å². The van der Waals surface area contributed by atoms with E-state index in [4.69, 9.17) is 21.1 Å². The minimum absolute atomic E-state index is 0.106. The molecule has 3 aromatic rings. The first kappa shape index (κ1) is 26.6. The zero-order valence-corrected chi connectivity index (χ0v) is 21.5. The molecule has 0 aliphatic rings. The number of carbonyl (C=O) groups is 2. The lowest BCUT2D eigenvalue weighted by Crippen LogP contribution is -2.35. The van der Waals surface area contributed by atoms with Crippen molar-refractivity contribution in [2.24, 2.45) is 0 Å². The molecule has 0 aliphatic carbocycles. The molecule has 0 radical (unpaired) electrons. The van der Waals surface area contributed by atoms with Crippen LogP contribution in [0, 0.1) is 5.82 Å². The van der Waals surface area contributed by atoms with Gasteiger partial charge < -0.3 is 20.1 Å². The van der Waals surface area contributed by atoms with Crippen LogP contribution in [0.1, 0.15) is 20.8 Å². The third-order valence-electron chi connectivity index (χ3n) is 4.81. The summed E-state index contributed by atoms with van der Waals surface area (Å²) in [5, 5.41) is 7.74. The van der Waals surface area contributed by atoms with E-state index >= 15 is 0 Å². The van der Waals surface area contributed by atoms with Gasteiger partial charge in [-0.1, -0.05) is 23.7 Å². The Morgan fingerprint density at radius 2 is 1.91 bits per heavy atom. The van der Waals surface area contributed by atoms with Crippen LogP contribution in [-0.2, 0) is 10.5 Å². The molecule has 0 atom stereocenters. The quantitative estimate of drug-likeness (QED) is 0.255. The first-order valence-corrected chi connectivity index (χ1v) is 12.9. The van der Waals surface area contributed by atoms with E-state index in [1.165, 1.54) is 43.4 Å². The molecule has 3 rings (SSSR count). The molecule has 0 bridgehead atoms. The number of ether oxygens (including phenoxy) is 2. The number of thiophene rings is 1. The zero-order chi connectivity index (χ0) is 25.2. The molecule has 35 heavy (non-hydrogen) atoms. The topological polar surface area (TPSA) is 76.7 Å². The van der Waals surface area contributed by atoms with E-state index in [2.05, 4.69) is 10.6 Å². The Morgan fingerprint density at radius 3 is 2.60 bits per heavy atom. The number of amides is 2. The second-order valence-corrected chi connectivity index (χ2v) is 9.60. The molecular weight excluding hydrogens is 511 g/mol. The maximum atomic E-state index is 13.9. The summed E-state index contributed by atoms with van der Waals surface area (Å²) in [6, 6.07) is 13.0. The molecule has 1 heterocycles. The molecule has 0 saturated carbocycles. The van der Waals surface area contributed by atoms with Crippen molar-refractivity contribution in [3.63, 3.8) is 0 Å². The molecule has 2 amide bonds. The standard InChI is InChI=1S/C25H24ClFN2O4S2/c1-32-22-9-8-16(13-23(22)33-2)24(30)29-21(14-17-5-4-11-35-17)25(31)28-10-12-34-15-18-19(26)6-3-7-20(18)27/h3-9,11,13-14H,10,12,15H2,1-2H3,(H,28,31)(H,29,30)/b21-14-. The molecule has 2 N–H and O–H groups in total. The fraction of sp³-hybridized carbons (Fsp3) is 0.200. The number of rotatable bonds is 11. The maximum absolute atomic E-state index is 13.9. The van der Waals surface area contributed by atoms with Gasteiger partial charge >= 0.3 is 0 Å². The van der Waals surface area contributed by atoms with Crippen LogP contribution in [0.3, 0.4) is 0 Å². The van der Waals surface area contributed by atoms with E-state index in [9.17, 15) is 14.0 Å². The summed E-state index contributed by atoms with van der Waals surface area (Å²) >= 11 is 8.93. The SMILES string of the molecule is COc1ccc(C(=O)N/C(=C\c2cccs2)C(=O)NCCSCc2c(F)cccc2Cl)cc1OC. The average Bonchev–Trinajstić information content (AvgIpc) is 3.37. The average molecular weight is 535 g/mol. The fourth-order valence-corrected chi connectivity index (χ4v) is 4.88. The minimum atomic E-state index is -0.465. The van der Waals surface area contributed by atoms with Crippen molar-refractivity contribution < 1.29 is 23.5 Å². The summed E-state index contributed by atoms with van der Waals surface area (Å²) in [4.78, 5) is 26.6. The predicted molar refractivity (Wildman–Crippen MR) is 140 cm³/mol. The Bertz CT molecular complexity index is 1180. The number of nitrogens with one attached hydrogen (secondary N) is 2. The molecule has 2 aromatic carbocycles. The summed E-state index contributed by atoms with van der Waals surface area (Å²) in [6.45, 7) is 0.323. The number of methoxy groups -OCH3 is 2. The Balaban J connectivity index is 1.63. The highest BCUT2D eigenvalue weighted by Gasteiger charge is 2.17. The van der Waals surface area contributed by atoms with Crippen molar-refractivity contribution in [2.75, 3.05) is 26.5 Å². The Kier molecular flexibility index (Phi) is 10.0. The van der Waals surface area contributed by atoms with Gasteiger partial charge in [0.15, 0.2) is 11.5 Å². The molecule has 184 valence electrons. The lowest BCUT2D eigenvalue weighted by Gasteiger charge is -2.13. The number of halogens is 2. The van der Waals surface area contributed by atoms with Crippen LogP contribution in [-0.4, -0.2) is 38.3 Å². The first-order valence-electron chi connectivity index (χ1n) is 10.5. The minimum Gasteiger partial charge on any atom is -0.493 e. The van der Waals surface area contributed by atoms with E-state index in [1.54, 1.807) is 36.4 Å². The van der Waals surface area contributed by atoms with Gasteiger partial charge in [0.25, 0.3) is 11.8 Å². The van der Waals surface area contributed by atoms with Crippen molar-refractivity contribution in [1.82, 2.24) is 10.6 Å². The Morgan fingerprint density at radius 1 is 1.11 bits per heavy atom. The van der Waals surface area contributed by atoms with Gasteiger partial charge in [0.05, 0.1) is 14.2 Å². The highest BCUT2D eigenvalue weighted by atomic mass is 35.5. The summed E-state index contributed by atoms with van der Waals surface area (Å²) in [5.74, 6) is 0.560. The van der Waals surface area contributed by atoms with E-state index in [0.717, 1.165) is 4.88 Å². The molecule has 0 fully saturated rings. The van der Waals surface area contributed by atoms with Gasteiger partial charge in [-0.3, -0.25) is 9.59 Å². The second-order valence-electron chi connectivity index (χ2n) is 7.11. The van der Waals surface area contributed by atoms with E-state index in [0.29, 0.717) is 45.7 Å². The highest BCUT2D eigenvalue weighted by Crippen LogP contribution is 2.28. The number of thioether (sulfide) groups is 1. The van der Waals surface area contributed by atoms with Gasteiger partial charge in [0.2, 0.25) is 0 Å². The zero-order valence-electron chi connectivity index (χ0n) is 19.1. The highest BCUT2D eigenvalue weighted by molar-refractivity contribution is 7.98. The van der Waals surface area contributed by atoms with Crippen LogP contribution < -0.4 is 20.1 Å².